The van der Waals surface area contributed by atoms with Gasteiger partial charge in [-0.3, -0.25) is 9.78 Å². The Labute approximate surface area is 110 Å². The van der Waals surface area contributed by atoms with Gasteiger partial charge in [0.15, 0.2) is 6.61 Å². The summed E-state index contributed by atoms with van der Waals surface area (Å²) in [7, 11) is 0. The number of nitrogens with one attached hydrogen (secondary N) is 1. The number of ether oxygens (including phenoxy) is 1. The highest BCUT2D eigenvalue weighted by Gasteiger charge is 2.04. The second kappa shape index (κ2) is 6.44. The lowest BCUT2D eigenvalue weighted by molar-refractivity contribution is -0.123. The molecule has 0 aliphatic carbocycles. The molecule has 2 rings (SSSR count). The minimum absolute atomic E-state index is 0.0640. The summed E-state index contributed by atoms with van der Waals surface area (Å²) in [5, 5.41) is 10.5. The summed E-state index contributed by atoms with van der Waals surface area (Å²) >= 11 is 0. The van der Waals surface area contributed by atoms with Crippen molar-refractivity contribution in [3.63, 3.8) is 0 Å². The minimum atomic E-state index is -0.182. The third-order valence-electron chi connectivity index (χ3n) is 2.29. The molecule has 1 amide bonds. The molecule has 0 bridgehead atoms. The molecule has 0 aliphatic heterocycles. The van der Waals surface area contributed by atoms with Crippen LogP contribution in [0, 0.1) is 0 Å². The van der Waals surface area contributed by atoms with Crippen LogP contribution in [-0.4, -0.2) is 34.2 Å². The van der Waals surface area contributed by atoms with Gasteiger partial charge in [-0.25, -0.2) is 0 Å². The Hall–Kier alpha value is -2.50. The number of hydrogen-bond donors (Lipinski definition) is 1. The average molecular weight is 258 g/mol. The van der Waals surface area contributed by atoms with Crippen LogP contribution in [0.5, 0.6) is 5.88 Å². The van der Waals surface area contributed by atoms with Crippen molar-refractivity contribution in [1.82, 2.24) is 20.5 Å². The molecule has 0 spiro atoms. The van der Waals surface area contributed by atoms with Gasteiger partial charge >= 0.3 is 0 Å². The average Bonchev–Trinajstić information content (AvgIpc) is 2.47. The maximum Gasteiger partial charge on any atom is 0.257 e. The standard InChI is InChI=1S/C13H14N4O2/c1-2-14-12(18)9-19-13-7-6-11(16-17-13)10-5-3-4-8-15-10/h3-8H,2,9H2,1H3,(H,14,18). The van der Waals surface area contributed by atoms with Crippen molar-refractivity contribution in [2.45, 2.75) is 6.92 Å². The second-order valence-corrected chi connectivity index (χ2v) is 3.71. The molecule has 2 aromatic rings. The maximum atomic E-state index is 11.2. The quantitative estimate of drug-likeness (QED) is 0.867. The predicted octanol–water partition coefficient (Wildman–Crippen LogP) is 1.05. The normalized spacial score (nSPS) is 9.95. The largest absolute Gasteiger partial charge is 0.466 e. The topological polar surface area (TPSA) is 77.0 Å². The Morgan fingerprint density at radius 3 is 2.74 bits per heavy atom. The van der Waals surface area contributed by atoms with Crippen LogP contribution >= 0.6 is 0 Å². The fourth-order valence-electron chi connectivity index (χ4n) is 1.44. The molecule has 0 radical (unpaired) electrons. The maximum absolute atomic E-state index is 11.2. The Bertz CT molecular complexity index is 528. The number of pyridine rings is 1. The number of amides is 1. The van der Waals surface area contributed by atoms with Crippen LogP contribution in [0.1, 0.15) is 6.92 Å². The Kier molecular flexibility index (Phi) is 4.39. The Morgan fingerprint density at radius 2 is 2.11 bits per heavy atom. The lowest BCUT2D eigenvalue weighted by Gasteiger charge is -2.05. The molecule has 98 valence electrons. The molecule has 2 heterocycles. The molecule has 0 atom stereocenters. The van der Waals surface area contributed by atoms with E-state index in [1.165, 1.54) is 0 Å². The van der Waals surface area contributed by atoms with Gasteiger partial charge in [-0.2, -0.15) is 0 Å². The number of carbonyl (C=O) groups excluding carboxylic acids is 1. The molecular weight excluding hydrogens is 244 g/mol. The van der Waals surface area contributed by atoms with Gasteiger partial charge in [0.1, 0.15) is 5.69 Å². The highest BCUT2D eigenvalue weighted by atomic mass is 16.5. The monoisotopic (exact) mass is 258 g/mol. The first kappa shape index (κ1) is 12.9. The summed E-state index contributed by atoms with van der Waals surface area (Å²) in [6.07, 6.45) is 1.69. The van der Waals surface area contributed by atoms with E-state index in [4.69, 9.17) is 4.74 Å². The van der Waals surface area contributed by atoms with E-state index in [-0.39, 0.29) is 12.5 Å². The van der Waals surface area contributed by atoms with E-state index < -0.39 is 0 Å². The zero-order valence-electron chi connectivity index (χ0n) is 10.5. The van der Waals surface area contributed by atoms with E-state index in [2.05, 4.69) is 20.5 Å². The third-order valence-corrected chi connectivity index (χ3v) is 2.29. The van der Waals surface area contributed by atoms with Crippen molar-refractivity contribution in [2.75, 3.05) is 13.2 Å². The second-order valence-electron chi connectivity index (χ2n) is 3.71. The van der Waals surface area contributed by atoms with Crippen LogP contribution in [0.3, 0.4) is 0 Å². The molecule has 0 aliphatic rings. The molecule has 6 heteroatoms. The van der Waals surface area contributed by atoms with Gasteiger partial charge in [-0.1, -0.05) is 6.07 Å². The molecule has 0 fully saturated rings. The molecule has 1 N–H and O–H groups in total. The fraction of sp³-hybridized carbons (Fsp3) is 0.231. The van der Waals surface area contributed by atoms with Crippen molar-refractivity contribution in [1.29, 1.82) is 0 Å². The lowest BCUT2D eigenvalue weighted by Crippen LogP contribution is -2.28. The molecule has 19 heavy (non-hydrogen) atoms. The van der Waals surface area contributed by atoms with Gasteiger partial charge in [0.2, 0.25) is 5.88 Å². The molecule has 6 nitrogen and oxygen atoms in total. The molecule has 0 saturated heterocycles. The van der Waals surface area contributed by atoms with Crippen LogP contribution in [0.4, 0.5) is 0 Å². The van der Waals surface area contributed by atoms with Crippen LogP contribution in [-0.2, 0) is 4.79 Å². The fourth-order valence-corrected chi connectivity index (χ4v) is 1.44. The number of likely N-dealkylation sites (N-methyl/N-ethyl adjacent to an activating group) is 1. The van der Waals surface area contributed by atoms with Crippen LogP contribution in [0.15, 0.2) is 36.5 Å². The highest BCUT2D eigenvalue weighted by molar-refractivity contribution is 5.77. The lowest BCUT2D eigenvalue weighted by atomic mass is 10.2. The van der Waals surface area contributed by atoms with Gasteiger partial charge in [-0.05, 0) is 25.1 Å². The van der Waals surface area contributed by atoms with Crippen molar-refractivity contribution in [2.24, 2.45) is 0 Å². The van der Waals surface area contributed by atoms with Crippen molar-refractivity contribution >= 4 is 5.91 Å². The predicted molar refractivity (Wildman–Crippen MR) is 69.4 cm³/mol. The highest BCUT2D eigenvalue weighted by Crippen LogP contribution is 2.14. The molecule has 2 aromatic heterocycles. The van der Waals surface area contributed by atoms with Crippen LogP contribution in [0.25, 0.3) is 11.4 Å². The van der Waals surface area contributed by atoms with E-state index >= 15 is 0 Å². The third kappa shape index (κ3) is 3.74. The van der Waals surface area contributed by atoms with Gasteiger partial charge in [0.25, 0.3) is 5.91 Å². The first-order valence-electron chi connectivity index (χ1n) is 5.94. The van der Waals surface area contributed by atoms with Gasteiger partial charge in [-0.15, -0.1) is 10.2 Å². The van der Waals surface area contributed by atoms with Crippen LogP contribution in [0.2, 0.25) is 0 Å². The summed E-state index contributed by atoms with van der Waals surface area (Å²) in [4.78, 5) is 15.4. The molecule has 0 saturated carbocycles. The van der Waals surface area contributed by atoms with E-state index in [9.17, 15) is 4.79 Å². The van der Waals surface area contributed by atoms with E-state index in [1.807, 2.05) is 25.1 Å². The van der Waals surface area contributed by atoms with Crippen molar-refractivity contribution in [3.8, 4) is 17.3 Å². The zero-order chi connectivity index (χ0) is 13.5. The number of hydrogen-bond acceptors (Lipinski definition) is 5. The van der Waals surface area contributed by atoms with E-state index in [1.54, 1.807) is 18.3 Å². The summed E-state index contributed by atoms with van der Waals surface area (Å²) in [5.41, 5.74) is 1.40. The van der Waals surface area contributed by atoms with Gasteiger partial charge in [0, 0.05) is 18.8 Å². The number of aromatic nitrogens is 3. The van der Waals surface area contributed by atoms with Gasteiger partial charge < -0.3 is 10.1 Å². The Morgan fingerprint density at radius 1 is 1.21 bits per heavy atom. The number of carbonyl (C=O) groups is 1. The first-order chi connectivity index (χ1) is 9.29. The Balaban J connectivity index is 1.97. The molecular formula is C13H14N4O2. The molecule has 0 unspecified atom stereocenters. The van der Waals surface area contributed by atoms with Crippen molar-refractivity contribution in [3.05, 3.63) is 36.5 Å². The van der Waals surface area contributed by atoms with E-state index in [0.29, 0.717) is 18.1 Å². The summed E-state index contributed by atoms with van der Waals surface area (Å²) in [5.74, 6) is 0.129. The molecule has 0 aromatic carbocycles. The SMILES string of the molecule is CCNC(=O)COc1ccc(-c2ccccn2)nn1. The number of rotatable bonds is 5. The van der Waals surface area contributed by atoms with Crippen LogP contribution < -0.4 is 10.1 Å². The minimum Gasteiger partial charge on any atom is -0.466 e. The summed E-state index contributed by atoms with van der Waals surface area (Å²) in [6, 6.07) is 8.97. The number of nitrogens with zero attached hydrogens (tertiary/aromatic N) is 3. The first-order valence-corrected chi connectivity index (χ1v) is 5.94. The summed E-state index contributed by atoms with van der Waals surface area (Å²) < 4.78 is 5.21. The zero-order valence-corrected chi connectivity index (χ0v) is 10.5. The van der Waals surface area contributed by atoms with E-state index in [0.717, 1.165) is 5.69 Å². The van der Waals surface area contributed by atoms with Gasteiger partial charge in [0.05, 0.1) is 5.69 Å². The summed E-state index contributed by atoms with van der Waals surface area (Å²) in [6.45, 7) is 2.36. The van der Waals surface area contributed by atoms with Crippen molar-refractivity contribution < 1.29 is 9.53 Å². The smallest absolute Gasteiger partial charge is 0.257 e.